The van der Waals surface area contributed by atoms with Crippen LogP contribution in [0.15, 0.2) is 40.9 Å². The van der Waals surface area contributed by atoms with E-state index in [4.69, 9.17) is 0 Å². The number of carbonyl (C=O) groups excluding carboxylic acids is 1. The maximum absolute atomic E-state index is 12.6. The fourth-order valence-electron chi connectivity index (χ4n) is 3.43. The molecule has 0 aromatic heterocycles. The Balaban J connectivity index is 0.000000791. The second-order valence-corrected chi connectivity index (χ2v) is 8.22. The van der Waals surface area contributed by atoms with Gasteiger partial charge in [-0.3, -0.25) is 0 Å². The molecule has 1 aliphatic heterocycles. The topological polar surface area (TPSA) is 29.1 Å². The van der Waals surface area contributed by atoms with Crippen molar-refractivity contribution in [2.75, 3.05) is 13.1 Å². The van der Waals surface area contributed by atoms with Crippen LogP contribution >= 0.6 is 0 Å². The van der Waals surface area contributed by atoms with Gasteiger partial charge in [-0.25, -0.2) is 0 Å². The summed E-state index contributed by atoms with van der Waals surface area (Å²) in [6, 6.07) is 8.49. The summed E-state index contributed by atoms with van der Waals surface area (Å²) in [5.41, 5.74) is 5.36. The number of rotatable bonds is 4. The van der Waals surface area contributed by atoms with Gasteiger partial charge in [0.15, 0.2) is 0 Å². The quantitative estimate of drug-likeness (QED) is 0.531. The fraction of sp³-hybridized carbons (Fsp3) is 0.522. The third-order valence-corrected chi connectivity index (χ3v) is 6.99. The first-order valence-corrected chi connectivity index (χ1v) is 12.0. The van der Waals surface area contributed by atoms with Crippen molar-refractivity contribution in [1.82, 2.24) is 5.32 Å². The summed E-state index contributed by atoms with van der Waals surface area (Å²) in [7, 11) is 0. The van der Waals surface area contributed by atoms with E-state index in [0.29, 0.717) is 33.1 Å². The molecule has 26 heavy (non-hydrogen) atoms. The number of allylic oxidation sites excluding steroid dienone is 2. The standard InChI is InChI=1S/C19H23NOSe.2C2H6/c1-3-20-10-8-13(2)18-15-7-5-4-6-14(15)12-17(21)19-16(18)9-11-22-19;2*1-2/h4-7,9,11,16,19-20H,3,8,10,12H2,1-2H3;2*1-2H3/b18-13-;;. The monoisotopic (exact) mass is 421 g/mol. The van der Waals surface area contributed by atoms with Gasteiger partial charge in [0.25, 0.3) is 0 Å². The van der Waals surface area contributed by atoms with Gasteiger partial charge in [-0.2, -0.15) is 0 Å². The molecule has 1 aliphatic carbocycles. The molecule has 144 valence electrons. The van der Waals surface area contributed by atoms with E-state index in [-0.39, 0.29) is 4.82 Å². The van der Waals surface area contributed by atoms with E-state index in [9.17, 15) is 4.79 Å². The van der Waals surface area contributed by atoms with E-state index in [1.807, 2.05) is 27.7 Å². The van der Waals surface area contributed by atoms with Gasteiger partial charge in [0.1, 0.15) is 0 Å². The van der Waals surface area contributed by atoms with Crippen LogP contribution in [0.1, 0.15) is 59.1 Å². The van der Waals surface area contributed by atoms with Crippen molar-refractivity contribution in [2.45, 2.75) is 59.2 Å². The molecule has 1 aromatic rings. The first-order chi connectivity index (χ1) is 12.7. The molecule has 2 unspecified atom stereocenters. The van der Waals surface area contributed by atoms with Crippen LogP contribution in [0, 0.1) is 5.92 Å². The van der Waals surface area contributed by atoms with Crippen LogP contribution in [0.4, 0.5) is 0 Å². The van der Waals surface area contributed by atoms with Gasteiger partial charge in [0, 0.05) is 0 Å². The number of nitrogens with one attached hydrogen (secondary N) is 1. The molecule has 0 saturated carbocycles. The van der Waals surface area contributed by atoms with Crippen molar-refractivity contribution in [3.63, 3.8) is 0 Å². The van der Waals surface area contributed by atoms with Crippen molar-refractivity contribution >= 4 is 26.3 Å². The van der Waals surface area contributed by atoms with Crippen LogP contribution in [0.25, 0.3) is 5.57 Å². The van der Waals surface area contributed by atoms with Gasteiger partial charge in [0.2, 0.25) is 0 Å². The van der Waals surface area contributed by atoms with Crippen molar-refractivity contribution in [1.29, 1.82) is 0 Å². The number of Topliss-reactive ketones (excluding diaryl/α,β-unsaturated/α-hetero) is 1. The fourth-order valence-corrected chi connectivity index (χ4v) is 5.66. The molecule has 1 heterocycles. The number of carbonyl (C=O) groups is 1. The maximum atomic E-state index is 12.6. The molecule has 0 saturated heterocycles. The van der Waals surface area contributed by atoms with Crippen LogP contribution in [0.5, 0.6) is 0 Å². The summed E-state index contributed by atoms with van der Waals surface area (Å²) < 4.78 is 0. The number of benzene rings is 1. The summed E-state index contributed by atoms with van der Waals surface area (Å²) in [5.74, 6) is 0.731. The second kappa shape index (κ2) is 12.3. The normalized spacial score (nSPS) is 22.2. The van der Waals surface area contributed by atoms with Crippen LogP contribution in [-0.2, 0) is 11.2 Å². The Bertz CT molecular complexity index is 633. The molecule has 0 spiro atoms. The average molecular weight is 420 g/mol. The summed E-state index contributed by atoms with van der Waals surface area (Å²) in [6.45, 7) is 14.4. The first-order valence-electron chi connectivity index (χ1n) is 10.1. The molecule has 0 bridgehead atoms. The SMILES string of the molecule is CC.CC.CCNCC/C(C)=C1/c2ccccc2CC(=O)C2[Se]C=CC12. The molecular formula is C23H35NOSe. The predicted molar refractivity (Wildman–Crippen MR) is 116 cm³/mol. The Morgan fingerprint density at radius 1 is 1.19 bits per heavy atom. The van der Waals surface area contributed by atoms with Crippen molar-refractivity contribution in [2.24, 2.45) is 5.92 Å². The van der Waals surface area contributed by atoms with Crippen molar-refractivity contribution < 1.29 is 4.79 Å². The van der Waals surface area contributed by atoms with Gasteiger partial charge in [0.05, 0.1) is 0 Å². The predicted octanol–water partition coefficient (Wildman–Crippen LogP) is 5.27. The molecule has 1 N–H and O–H groups in total. The number of ketones is 1. The summed E-state index contributed by atoms with van der Waals surface area (Å²) in [4.78, 5) is 15.1. The molecule has 0 amide bonds. The number of hydrogen-bond donors (Lipinski definition) is 1. The van der Waals surface area contributed by atoms with Crippen LogP contribution in [0.2, 0.25) is 4.82 Å². The van der Waals surface area contributed by atoms with Gasteiger partial charge >= 0.3 is 139 Å². The third-order valence-electron chi connectivity index (χ3n) is 4.55. The van der Waals surface area contributed by atoms with Gasteiger partial charge in [-0.05, 0) is 0 Å². The zero-order valence-electron chi connectivity index (χ0n) is 17.3. The van der Waals surface area contributed by atoms with Crippen LogP contribution in [-0.4, -0.2) is 33.8 Å². The zero-order valence-corrected chi connectivity index (χ0v) is 19.0. The van der Waals surface area contributed by atoms with Gasteiger partial charge < -0.3 is 0 Å². The number of fused-ring (bicyclic) bond motifs is 2. The molecule has 3 heteroatoms. The average Bonchev–Trinajstić information content (AvgIpc) is 3.12. The molecule has 3 rings (SSSR count). The molecule has 0 fully saturated rings. The van der Waals surface area contributed by atoms with E-state index < -0.39 is 0 Å². The van der Waals surface area contributed by atoms with E-state index in [1.165, 1.54) is 22.3 Å². The Hall–Kier alpha value is -1.15. The first kappa shape index (κ1) is 22.9. The summed E-state index contributed by atoms with van der Waals surface area (Å²) >= 11 is 0.316. The molecule has 2 aliphatic rings. The Morgan fingerprint density at radius 3 is 2.58 bits per heavy atom. The molecule has 0 radical (unpaired) electrons. The second-order valence-electron chi connectivity index (χ2n) is 6.01. The summed E-state index contributed by atoms with van der Waals surface area (Å²) in [5, 5.41) is 3.41. The van der Waals surface area contributed by atoms with E-state index in [1.54, 1.807) is 0 Å². The van der Waals surface area contributed by atoms with Gasteiger partial charge in [-0.1, -0.05) is 27.7 Å². The van der Waals surface area contributed by atoms with Gasteiger partial charge in [-0.15, -0.1) is 0 Å². The molecule has 2 atom stereocenters. The Labute approximate surface area is 166 Å². The minimum absolute atomic E-state index is 0.212. The van der Waals surface area contributed by atoms with E-state index in [2.05, 4.69) is 54.5 Å². The van der Waals surface area contributed by atoms with E-state index >= 15 is 0 Å². The molecule has 1 aromatic carbocycles. The minimum atomic E-state index is 0.212. The van der Waals surface area contributed by atoms with Crippen molar-refractivity contribution in [3.8, 4) is 0 Å². The van der Waals surface area contributed by atoms with Crippen LogP contribution in [0.3, 0.4) is 0 Å². The zero-order chi connectivity index (χ0) is 19.5. The Kier molecular flexibility index (Phi) is 10.8. The molecule has 2 nitrogen and oxygen atoms in total. The Morgan fingerprint density at radius 2 is 1.88 bits per heavy atom. The van der Waals surface area contributed by atoms with Crippen LogP contribution < -0.4 is 5.32 Å². The third kappa shape index (κ3) is 5.42. The van der Waals surface area contributed by atoms with Crippen molar-refractivity contribution in [3.05, 3.63) is 52.0 Å². The summed E-state index contributed by atoms with van der Waals surface area (Å²) in [6.07, 6.45) is 3.94. The molecular weight excluding hydrogens is 385 g/mol. The number of hydrogen-bond acceptors (Lipinski definition) is 2. The van der Waals surface area contributed by atoms with E-state index in [0.717, 1.165) is 19.5 Å².